The Hall–Kier alpha value is -1.61. The van der Waals surface area contributed by atoms with Crippen LogP contribution in [0.25, 0.3) is 0 Å². The second-order valence-corrected chi connectivity index (χ2v) is 4.65. The Labute approximate surface area is 117 Å². The van der Waals surface area contributed by atoms with Gasteiger partial charge in [-0.25, -0.2) is 9.37 Å². The Kier molecular flexibility index (Phi) is 4.38. The van der Waals surface area contributed by atoms with Gasteiger partial charge >= 0.3 is 0 Å². The Morgan fingerprint density at radius 3 is 2.68 bits per heavy atom. The third-order valence-corrected chi connectivity index (χ3v) is 3.16. The number of hydrogen-bond donors (Lipinski definition) is 0. The highest BCUT2D eigenvalue weighted by Crippen LogP contribution is 2.24. The van der Waals surface area contributed by atoms with Crippen LogP contribution in [0.5, 0.6) is 5.88 Å². The van der Waals surface area contributed by atoms with Crippen LogP contribution in [0.3, 0.4) is 0 Å². The van der Waals surface area contributed by atoms with Crippen LogP contribution in [0.4, 0.5) is 4.39 Å². The van der Waals surface area contributed by atoms with E-state index in [0.717, 1.165) is 16.8 Å². The van der Waals surface area contributed by atoms with Crippen LogP contribution in [0.1, 0.15) is 22.4 Å². The fourth-order valence-corrected chi connectivity index (χ4v) is 2.20. The smallest absolute Gasteiger partial charge is 0.218 e. The molecule has 0 aliphatic carbocycles. The van der Waals surface area contributed by atoms with Crippen molar-refractivity contribution in [1.82, 2.24) is 4.98 Å². The van der Waals surface area contributed by atoms with Crippen molar-refractivity contribution in [3.05, 3.63) is 58.5 Å². The maximum atomic E-state index is 13.5. The SMILES string of the molecule is Cc1cc(C)c(CCl)c(OCc2ccccc2F)n1. The molecule has 1 aromatic carbocycles. The molecule has 0 atom stereocenters. The number of benzene rings is 1. The van der Waals surface area contributed by atoms with E-state index in [1.165, 1.54) is 6.07 Å². The molecule has 4 heteroatoms. The van der Waals surface area contributed by atoms with E-state index in [1.54, 1.807) is 18.2 Å². The lowest BCUT2D eigenvalue weighted by Gasteiger charge is -2.12. The Bertz CT molecular complexity index is 586. The molecule has 2 rings (SSSR count). The Balaban J connectivity index is 2.22. The van der Waals surface area contributed by atoms with Gasteiger partial charge in [0.05, 0.1) is 5.88 Å². The summed E-state index contributed by atoms with van der Waals surface area (Å²) in [6, 6.07) is 8.49. The molecule has 0 amide bonds. The number of alkyl halides is 1. The van der Waals surface area contributed by atoms with E-state index in [2.05, 4.69) is 4.98 Å². The zero-order valence-corrected chi connectivity index (χ0v) is 11.7. The van der Waals surface area contributed by atoms with Gasteiger partial charge in [-0.05, 0) is 31.5 Å². The van der Waals surface area contributed by atoms with Gasteiger partial charge in [0.15, 0.2) is 0 Å². The molecule has 0 radical (unpaired) electrons. The third kappa shape index (κ3) is 3.24. The number of pyridine rings is 1. The van der Waals surface area contributed by atoms with E-state index in [9.17, 15) is 4.39 Å². The summed E-state index contributed by atoms with van der Waals surface area (Å²) in [6.45, 7) is 4.00. The van der Waals surface area contributed by atoms with Gasteiger partial charge in [0.1, 0.15) is 12.4 Å². The number of ether oxygens (including phenoxy) is 1. The van der Waals surface area contributed by atoms with Crippen LogP contribution < -0.4 is 4.74 Å². The number of rotatable bonds is 4. The van der Waals surface area contributed by atoms with Crippen LogP contribution in [-0.4, -0.2) is 4.98 Å². The fraction of sp³-hybridized carbons (Fsp3) is 0.267. The predicted molar refractivity (Wildman–Crippen MR) is 74.0 cm³/mol. The highest BCUT2D eigenvalue weighted by atomic mass is 35.5. The van der Waals surface area contributed by atoms with E-state index >= 15 is 0 Å². The molecule has 0 fully saturated rings. The molecular weight excluding hydrogens is 265 g/mol. The minimum atomic E-state index is -0.278. The average Bonchev–Trinajstić information content (AvgIpc) is 2.37. The number of halogens is 2. The molecule has 0 N–H and O–H groups in total. The highest BCUT2D eigenvalue weighted by Gasteiger charge is 2.10. The molecule has 0 unspecified atom stereocenters. The molecule has 0 aliphatic heterocycles. The van der Waals surface area contributed by atoms with E-state index in [1.807, 2.05) is 19.9 Å². The lowest BCUT2D eigenvalue weighted by atomic mass is 10.1. The van der Waals surface area contributed by atoms with Crippen LogP contribution in [-0.2, 0) is 12.5 Å². The molecule has 0 bridgehead atoms. The minimum absolute atomic E-state index is 0.145. The summed E-state index contributed by atoms with van der Waals surface area (Å²) in [5.74, 6) is 0.529. The summed E-state index contributed by atoms with van der Waals surface area (Å²) < 4.78 is 19.1. The van der Waals surface area contributed by atoms with Crippen molar-refractivity contribution in [2.75, 3.05) is 0 Å². The average molecular weight is 280 g/mol. The van der Waals surface area contributed by atoms with Crippen LogP contribution in [0.2, 0.25) is 0 Å². The molecule has 2 aromatic rings. The van der Waals surface area contributed by atoms with Crippen LogP contribution >= 0.6 is 11.6 Å². The highest BCUT2D eigenvalue weighted by molar-refractivity contribution is 6.17. The lowest BCUT2D eigenvalue weighted by Crippen LogP contribution is -2.04. The fourth-order valence-electron chi connectivity index (χ4n) is 1.87. The van der Waals surface area contributed by atoms with Crippen LogP contribution in [0.15, 0.2) is 30.3 Å². The predicted octanol–water partition coefficient (Wildman–Crippen LogP) is 4.16. The first-order valence-corrected chi connectivity index (χ1v) is 6.54. The first-order chi connectivity index (χ1) is 9.11. The van der Waals surface area contributed by atoms with E-state index in [4.69, 9.17) is 16.3 Å². The van der Waals surface area contributed by atoms with Crippen molar-refractivity contribution in [3.63, 3.8) is 0 Å². The second-order valence-electron chi connectivity index (χ2n) is 4.38. The Morgan fingerprint density at radius 2 is 2.00 bits per heavy atom. The molecule has 19 heavy (non-hydrogen) atoms. The summed E-state index contributed by atoms with van der Waals surface area (Å²) in [7, 11) is 0. The number of hydrogen-bond acceptors (Lipinski definition) is 2. The number of nitrogens with zero attached hydrogens (tertiary/aromatic N) is 1. The minimum Gasteiger partial charge on any atom is -0.472 e. The van der Waals surface area contributed by atoms with Crippen molar-refractivity contribution < 1.29 is 9.13 Å². The Morgan fingerprint density at radius 1 is 1.26 bits per heavy atom. The summed E-state index contributed by atoms with van der Waals surface area (Å²) in [5, 5.41) is 0. The molecular formula is C15H15ClFNO. The maximum absolute atomic E-state index is 13.5. The molecule has 0 spiro atoms. The summed E-state index contributed by atoms with van der Waals surface area (Å²) in [5.41, 5.74) is 3.24. The van der Waals surface area contributed by atoms with E-state index in [-0.39, 0.29) is 12.4 Å². The van der Waals surface area contributed by atoms with Gasteiger partial charge in [-0.2, -0.15) is 0 Å². The summed E-state index contributed by atoms with van der Waals surface area (Å²) in [6.07, 6.45) is 0. The first kappa shape index (κ1) is 13.8. The summed E-state index contributed by atoms with van der Waals surface area (Å²) in [4.78, 5) is 4.32. The molecule has 1 heterocycles. The first-order valence-electron chi connectivity index (χ1n) is 6.01. The van der Waals surface area contributed by atoms with Crippen LogP contribution in [0, 0.1) is 19.7 Å². The summed E-state index contributed by atoms with van der Waals surface area (Å²) >= 11 is 5.91. The molecule has 0 saturated heterocycles. The largest absolute Gasteiger partial charge is 0.472 e. The molecule has 2 nitrogen and oxygen atoms in total. The maximum Gasteiger partial charge on any atom is 0.218 e. The van der Waals surface area contributed by atoms with Crippen molar-refractivity contribution in [1.29, 1.82) is 0 Å². The van der Waals surface area contributed by atoms with Gasteiger partial charge in [-0.3, -0.25) is 0 Å². The quantitative estimate of drug-likeness (QED) is 0.784. The van der Waals surface area contributed by atoms with E-state index in [0.29, 0.717) is 17.3 Å². The normalized spacial score (nSPS) is 10.5. The van der Waals surface area contributed by atoms with Crippen molar-refractivity contribution >= 4 is 11.6 Å². The zero-order chi connectivity index (χ0) is 13.8. The van der Waals surface area contributed by atoms with E-state index < -0.39 is 0 Å². The molecule has 1 aromatic heterocycles. The monoisotopic (exact) mass is 279 g/mol. The van der Waals surface area contributed by atoms with Crippen molar-refractivity contribution in [2.45, 2.75) is 26.3 Å². The van der Waals surface area contributed by atoms with Crippen molar-refractivity contribution in [3.8, 4) is 5.88 Å². The topological polar surface area (TPSA) is 22.1 Å². The molecule has 0 aliphatic rings. The van der Waals surface area contributed by atoms with Gasteiger partial charge < -0.3 is 4.74 Å². The number of aryl methyl sites for hydroxylation is 2. The van der Waals surface area contributed by atoms with Crippen molar-refractivity contribution in [2.24, 2.45) is 0 Å². The van der Waals surface area contributed by atoms with Gasteiger partial charge in [0.25, 0.3) is 0 Å². The van der Waals surface area contributed by atoms with Gasteiger partial charge in [-0.1, -0.05) is 18.2 Å². The van der Waals surface area contributed by atoms with Gasteiger partial charge in [0.2, 0.25) is 5.88 Å². The zero-order valence-electron chi connectivity index (χ0n) is 10.9. The number of aromatic nitrogens is 1. The second kappa shape index (κ2) is 6.02. The standard InChI is InChI=1S/C15H15ClFNO/c1-10-7-11(2)18-15(13(10)8-16)19-9-12-5-3-4-6-14(12)17/h3-7H,8-9H2,1-2H3. The third-order valence-electron chi connectivity index (χ3n) is 2.89. The molecule has 0 saturated carbocycles. The molecule has 100 valence electrons. The van der Waals surface area contributed by atoms with Gasteiger partial charge in [-0.15, -0.1) is 11.6 Å². The van der Waals surface area contributed by atoms with Gasteiger partial charge in [0, 0.05) is 16.8 Å². The lowest BCUT2D eigenvalue weighted by molar-refractivity contribution is 0.285.